The molecule has 166 valence electrons. The summed E-state index contributed by atoms with van der Waals surface area (Å²) < 4.78 is 6.75. The summed E-state index contributed by atoms with van der Waals surface area (Å²) in [5.74, 6) is -0.692. The van der Waals surface area contributed by atoms with E-state index in [0.717, 1.165) is 17.7 Å². The molecular weight excluding hydrogens is 504 g/mol. The van der Waals surface area contributed by atoms with Gasteiger partial charge in [0.2, 0.25) is 5.75 Å². The van der Waals surface area contributed by atoms with Gasteiger partial charge in [-0.05, 0) is 24.3 Å². The molecule has 32 heavy (non-hydrogen) atoms. The lowest BCUT2D eigenvalue weighted by atomic mass is 9.95. The topological polar surface area (TPSA) is 117 Å². The predicted octanol–water partition coefficient (Wildman–Crippen LogP) is 4.83. The minimum absolute atomic E-state index is 0.139. The maximum atomic E-state index is 13.2. The Balaban J connectivity index is 2.20. The van der Waals surface area contributed by atoms with Crippen LogP contribution in [0.5, 0.6) is 5.75 Å². The molecule has 1 aromatic heterocycles. The second-order valence-corrected chi connectivity index (χ2v) is 9.23. The van der Waals surface area contributed by atoms with Gasteiger partial charge in [-0.2, -0.15) is 9.78 Å². The number of ether oxygens (including phenoxy) is 1. The van der Waals surface area contributed by atoms with Gasteiger partial charge in [0.25, 0.3) is 5.56 Å². The molecule has 0 amide bonds. The van der Waals surface area contributed by atoms with Crippen molar-refractivity contribution in [2.24, 2.45) is 5.10 Å². The quantitative estimate of drug-likeness (QED) is 0.160. The molecule has 0 spiro atoms. The molecule has 0 atom stereocenters. The molecule has 3 rings (SSSR count). The highest BCUT2D eigenvalue weighted by molar-refractivity contribution is 9.10. The average Bonchev–Trinajstić information content (AvgIpc) is 2.68. The maximum absolute atomic E-state index is 13.2. The molecule has 3 aromatic rings. The molecular formula is C21H18BrClN4O5. The number of hydrogen-bond donors (Lipinski definition) is 0. The van der Waals surface area contributed by atoms with Gasteiger partial charge < -0.3 is 4.74 Å². The van der Waals surface area contributed by atoms with E-state index in [-0.39, 0.29) is 16.3 Å². The number of benzene rings is 2. The van der Waals surface area contributed by atoms with Crippen LogP contribution in [-0.2, 0) is 10.2 Å². The molecule has 0 unspecified atom stereocenters. The zero-order valence-corrected chi connectivity index (χ0v) is 19.9. The molecule has 0 radical (unpaired) electrons. The van der Waals surface area contributed by atoms with Crippen LogP contribution < -0.4 is 10.3 Å². The van der Waals surface area contributed by atoms with Crippen LogP contribution in [0, 0.1) is 10.1 Å². The van der Waals surface area contributed by atoms with E-state index in [1.807, 2.05) is 20.8 Å². The predicted molar refractivity (Wildman–Crippen MR) is 125 cm³/mol. The lowest BCUT2D eigenvalue weighted by Crippen LogP contribution is -2.29. The molecule has 0 bridgehead atoms. The van der Waals surface area contributed by atoms with Crippen molar-refractivity contribution in [3.05, 3.63) is 71.7 Å². The van der Waals surface area contributed by atoms with Crippen LogP contribution >= 0.6 is 27.5 Å². The summed E-state index contributed by atoms with van der Waals surface area (Å²) in [4.78, 5) is 39.8. The van der Waals surface area contributed by atoms with Gasteiger partial charge in [-0.3, -0.25) is 19.7 Å². The fourth-order valence-electron chi connectivity index (χ4n) is 2.92. The van der Waals surface area contributed by atoms with Crippen molar-refractivity contribution in [1.82, 2.24) is 9.66 Å². The van der Waals surface area contributed by atoms with Crippen molar-refractivity contribution >= 4 is 56.3 Å². The molecule has 0 aliphatic rings. The van der Waals surface area contributed by atoms with E-state index in [1.54, 1.807) is 18.2 Å². The van der Waals surface area contributed by atoms with Gasteiger partial charge in [0.05, 0.1) is 27.1 Å². The van der Waals surface area contributed by atoms with Gasteiger partial charge in [-0.15, -0.1) is 0 Å². The Morgan fingerprint density at radius 1 is 1.31 bits per heavy atom. The standard InChI is InChI=1S/C21H18BrClN4O5/c1-11(28)32-18-15(23)7-12(8-17(18)27(30)31)10-24-26-19(29)14-9-13(22)5-6-16(14)25-20(26)21(2,3)4/h5-10H,1-4H3. The number of nitro benzene ring substituents is 1. The molecule has 9 nitrogen and oxygen atoms in total. The lowest BCUT2D eigenvalue weighted by molar-refractivity contribution is -0.385. The number of carbonyl (C=O) groups is 1. The van der Waals surface area contributed by atoms with Crippen molar-refractivity contribution in [3.63, 3.8) is 0 Å². The summed E-state index contributed by atoms with van der Waals surface area (Å²) in [6, 6.07) is 7.68. The number of nitrogens with zero attached hydrogens (tertiary/aromatic N) is 4. The van der Waals surface area contributed by atoms with Crippen LogP contribution in [0.2, 0.25) is 5.02 Å². The number of nitro groups is 1. The highest BCUT2D eigenvalue weighted by atomic mass is 79.9. The number of fused-ring (bicyclic) bond motifs is 1. The second kappa shape index (κ2) is 8.79. The zero-order valence-electron chi connectivity index (χ0n) is 17.6. The summed E-state index contributed by atoms with van der Waals surface area (Å²) in [6.45, 7) is 6.78. The summed E-state index contributed by atoms with van der Waals surface area (Å²) in [5.41, 5.74) is -0.661. The summed E-state index contributed by atoms with van der Waals surface area (Å²) >= 11 is 9.46. The van der Waals surface area contributed by atoms with E-state index in [0.29, 0.717) is 21.2 Å². The normalized spacial score (nSPS) is 11.8. The van der Waals surface area contributed by atoms with E-state index in [1.165, 1.54) is 12.3 Å². The Morgan fingerprint density at radius 2 is 2.00 bits per heavy atom. The third kappa shape index (κ3) is 4.86. The highest BCUT2D eigenvalue weighted by Gasteiger charge is 2.24. The van der Waals surface area contributed by atoms with E-state index in [4.69, 9.17) is 16.3 Å². The fourth-order valence-corrected chi connectivity index (χ4v) is 3.54. The first-order valence-electron chi connectivity index (χ1n) is 9.32. The SMILES string of the molecule is CC(=O)Oc1c(Cl)cc(C=Nn2c(C(C)(C)C)nc3ccc(Br)cc3c2=O)cc1[N+](=O)[O-]. The lowest BCUT2D eigenvalue weighted by Gasteiger charge is -2.20. The molecule has 1 heterocycles. The average molecular weight is 522 g/mol. The highest BCUT2D eigenvalue weighted by Crippen LogP contribution is 2.36. The minimum Gasteiger partial charge on any atom is -0.418 e. The number of aromatic nitrogens is 2. The summed E-state index contributed by atoms with van der Waals surface area (Å²) in [5, 5.41) is 15.9. The van der Waals surface area contributed by atoms with E-state index >= 15 is 0 Å². The maximum Gasteiger partial charge on any atom is 0.313 e. The van der Waals surface area contributed by atoms with Gasteiger partial charge in [-0.1, -0.05) is 48.3 Å². The first-order valence-corrected chi connectivity index (χ1v) is 10.5. The zero-order chi connectivity index (χ0) is 23.8. The van der Waals surface area contributed by atoms with Crippen LogP contribution in [0.4, 0.5) is 5.69 Å². The van der Waals surface area contributed by atoms with Crippen molar-refractivity contribution in [3.8, 4) is 5.75 Å². The Labute approximate surface area is 195 Å². The number of esters is 1. The van der Waals surface area contributed by atoms with Gasteiger partial charge in [0, 0.05) is 28.4 Å². The molecule has 0 fully saturated rings. The Kier molecular flexibility index (Phi) is 6.47. The molecule has 0 aliphatic carbocycles. The number of rotatable bonds is 4. The van der Waals surface area contributed by atoms with Crippen LogP contribution in [0.25, 0.3) is 10.9 Å². The molecule has 0 N–H and O–H groups in total. The number of carbonyl (C=O) groups excluding carboxylic acids is 1. The van der Waals surface area contributed by atoms with E-state index in [2.05, 4.69) is 26.0 Å². The summed E-state index contributed by atoms with van der Waals surface area (Å²) in [6.07, 6.45) is 1.26. The Morgan fingerprint density at radius 3 is 2.59 bits per heavy atom. The first-order chi connectivity index (χ1) is 14.9. The van der Waals surface area contributed by atoms with Crippen molar-refractivity contribution in [2.75, 3.05) is 0 Å². The number of halogens is 2. The van der Waals surface area contributed by atoms with Gasteiger partial charge in [0.1, 0.15) is 5.82 Å². The van der Waals surface area contributed by atoms with Crippen molar-refractivity contribution in [1.29, 1.82) is 0 Å². The Bertz CT molecular complexity index is 1340. The van der Waals surface area contributed by atoms with Crippen molar-refractivity contribution < 1.29 is 14.5 Å². The number of hydrogen-bond acceptors (Lipinski definition) is 7. The van der Waals surface area contributed by atoms with Crippen LogP contribution in [0.3, 0.4) is 0 Å². The van der Waals surface area contributed by atoms with Crippen LogP contribution in [0.15, 0.2) is 44.7 Å². The fraction of sp³-hybridized carbons (Fsp3) is 0.238. The van der Waals surface area contributed by atoms with Gasteiger partial charge >= 0.3 is 11.7 Å². The van der Waals surface area contributed by atoms with E-state index in [9.17, 15) is 19.7 Å². The molecule has 0 saturated carbocycles. The molecule has 0 saturated heterocycles. The van der Waals surface area contributed by atoms with Gasteiger partial charge in [0.15, 0.2) is 0 Å². The van der Waals surface area contributed by atoms with Crippen LogP contribution in [0.1, 0.15) is 39.1 Å². The largest absolute Gasteiger partial charge is 0.418 e. The molecule has 0 aliphatic heterocycles. The smallest absolute Gasteiger partial charge is 0.313 e. The third-order valence-corrected chi connectivity index (χ3v) is 5.06. The van der Waals surface area contributed by atoms with E-state index < -0.39 is 27.6 Å². The summed E-state index contributed by atoms with van der Waals surface area (Å²) in [7, 11) is 0. The third-order valence-electron chi connectivity index (χ3n) is 4.29. The second-order valence-electron chi connectivity index (χ2n) is 7.91. The molecule has 2 aromatic carbocycles. The van der Waals surface area contributed by atoms with Gasteiger partial charge in [-0.25, -0.2) is 4.98 Å². The monoisotopic (exact) mass is 520 g/mol. The first kappa shape index (κ1) is 23.6. The van der Waals surface area contributed by atoms with Crippen molar-refractivity contribution in [2.45, 2.75) is 33.1 Å². The molecule has 11 heteroatoms. The van der Waals surface area contributed by atoms with Crippen LogP contribution in [-0.4, -0.2) is 26.8 Å². The minimum atomic E-state index is -0.744. The Hall–Kier alpha value is -3.11.